The fourth-order valence-electron chi connectivity index (χ4n) is 1.30. The predicted molar refractivity (Wildman–Crippen MR) is 67.4 cm³/mol. The van der Waals surface area contributed by atoms with E-state index in [0.29, 0.717) is 18.8 Å². The molecule has 5 nitrogen and oxygen atoms in total. The molecule has 0 saturated heterocycles. The second-order valence-corrected chi connectivity index (χ2v) is 5.63. The first-order valence-electron chi connectivity index (χ1n) is 5.33. The minimum Gasteiger partial charge on any atom is -0.464 e. The Kier molecular flexibility index (Phi) is 5.37. The SMILES string of the molecule is COC(=O)c1ccc(CNCC(C)S(C)=O)[nH]1. The van der Waals surface area contributed by atoms with Gasteiger partial charge >= 0.3 is 5.97 Å². The van der Waals surface area contributed by atoms with Crippen molar-refractivity contribution in [3.63, 3.8) is 0 Å². The number of carbonyl (C=O) groups is 1. The molecule has 2 N–H and O–H groups in total. The molecule has 0 radical (unpaired) electrons. The molecule has 0 aliphatic carbocycles. The fourth-order valence-corrected chi connectivity index (χ4v) is 1.65. The molecule has 0 amide bonds. The van der Waals surface area contributed by atoms with Gasteiger partial charge in [0, 0.05) is 41.1 Å². The molecule has 0 bridgehead atoms. The number of hydrogen-bond donors (Lipinski definition) is 2. The summed E-state index contributed by atoms with van der Waals surface area (Å²) in [6.07, 6.45) is 1.69. The molecule has 2 unspecified atom stereocenters. The zero-order valence-electron chi connectivity index (χ0n) is 10.3. The highest BCUT2D eigenvalue weighted by molar-refractivity contribution is 7.84. The van der Waals surface area contributed by atoms with Gasteiger partial charge in [-0.1, -0.05) is 0 Å². The van der Waals surface area contributed by atoms with Crippen LogP contribution in [0.3, 0.4) is 0 Å². The Morgan fingerprint density at radius 3 is 2.88 bits per heavy atom. The van der Waals surface area contributed by atoms with E-state index in [2.05, 4.69) is 15.0 Å². The minimum absolute atomic E-state index is 0.116. The lowest BCUT2D eigenvalue weighted by atomic mass is 10.4. The summed E-state index contributed by atoms with van der Waals surface area (Å²) in [6, 6.07) is 3.51. The van der Waals surface area contributed by atoms with Gasteiger partial charge in [-0.2, -0.15) is 0 Å². The van der Waals surface area contributed by atoms with E-state index in [0.717, 1.165) is 5.69 Å². The van der Waals surface area contributed by atoms with Crippen LogP contribution in [0.2, 0.25) is 0 Å². The van der Waals surface area contributed by atoms with Crippen molar-refractivity contribution >= 4 is 16.8 Å². The standard InChI is InChI=1S/C11H18N2O3S/c1-8(17(3)15)6-12-7-9-4-5-10(13-9)11(14)16-2/h4-5,8,12-13H,6-7H2,1-3H3. The molecule has 6 heteroatoms. The van der Waals surface area contributed by atoms with E-state index in [4.69, 9.17) is 0 Å². The topological polar surface area (TPSA) is 71.2 Å². The quantitative estimate of drug-likeness (QED) is 0.735. The van der Waals surface area contributed by atoms with Crippen LogP contribution in [0.1, 0.15) is 23.1 Å². The largest absolute Gasteiger partial charge is 0.464 e. The number of carbonyl (C=O) groups excluding carboxylic acids is 1. The Bertz CT molecular complexity index is 403. The summed E-state index contributed by atoms with van der Waals surface area (Å²) in [4.78, 5) is 14.1. The van der Waals surface area contributed by atoms with Gasteiger partial charge in [-0.3, -0.25) is 4.21 Å². The number of hydrogen-bond acceptors (Lipinski definition) is 4. The number of aromatic nitrogens is 1. The monoisotopic (exact) mass is 258 g/mol. The van der Waals surface area contributed by atoms with Gasteiger partial charge in [-0.25, -0.2) is 4.79 Å². The van der Waals surface area contributed by atoms with Gasteiger partial charge in [-0.15, -0.1) is 0 Å². The van der Waals surface area contributed by atoms with Crippen molar-refractivity contribution in [2.45, 2.75) is 18.7 Å². The van der Waals surface area contributed by atoms with E-state index >= 15 is 0 Å². The number of rotatable bonds is 6. The first-order chi connectivity index (χ1) is 8.04. The molecule has 0 aliphatic rings. The number of aromatic amines is 1. The second-order valence-electron chi connectivity index (χ2n) is 3.83. The third-order valence-corrected chi connectivity index (χ3v) is 3.77. The second kappa shape index (κ2) is 6.56. The average Bonchev–Trinajstić information content (AvgIpc) is 2.76. The fraction of sp³-hybridized carbons (Fsp3) is 0.545. The molecular formula is C11H18N2O3S. The lowest BCUT2D eigenvalue weighted by molar-refractivity contribution is 0.0594. The van der Waals surface area contributed by atoms with Gasteiger partial charge in [0.1, 0.15) is 5.69 Å². The molecule has 1 aromatic rings. The number of esters is 1. The number of nitrogens with one attached hydrogen (secondary N) is 2. The van der Waals surface area contributed by atoms with Crippen LogP contribution in [0.15, 0.2) is 12.1 Å². The van der Waals surface area contributed by atoms with Gasteiger partial charge in [0.05, 0.1) is 7.11 Å². The van der Waals surface area contributed by atoms with Crippen LogP contribution >= 0.6 is 0 Å². The summed E-state index contributed by atoms with van der Waals surface area (Å²) in [7, 11) is 0.528. The van der Waals surface area contributed by atoms with Crippen LogP contribution < -0.4 is 5.32 Å². The van der Waals surface area contributed by atoms with Crippen molar-refractivity contribution in [2.75, 3.05) is 19.9 Å². The lowest BCUT2D eigenvalue weighted by Gasteiger charge is -2.08. The minimum atomic E-state index is -0.819. The maximum atomic E-state index is 11.2. The molecular weight excluding hydrogens is 240 g/mol. The molecule has 0 aromatic carbocycles. The molecule has 96 valence electrons. The molecule has 1 rings (SSSR count). The lowest BCUT2D eigenvalue weighted by Crippen LogP contribution is -2.27. The van der Waals surface area contributed by atoms with Gasteiger partial charge < -0.3 is 15.0 Å². The summed E-state index contributed by atoms with van der Waals surface area (Å²) in [5.41, 5.74) is 1.34. The first kappa shape index (κ1) is 13.9. The normalized spacial score (nSPS) is 14.3. The Labute approximate surface area is 103 Å². The van der Waals surface area contributed by atoms with E-state index in [9.17, 15) is 9.00 Å². The van der Waals surface area contributed by atoms with E-state index in [-0.39, 0.29) is 11.2 Å². The van der Waals surface area contributed by atoms with Crippen LogP contribution in [0.5, 0.6) is 0 Å². The smallest absolute Gasteiger partial charge is 0.354 e. The molecule has 0 saturated carbocycles. The van der Waals surface area contributed by atoms with Crippen molar-refractivity contribution in [3.8, 4) is 0 Å². The van der Waals surface area contributed by atoms with Gasteiger partial charge in [0.2, 0.25) is 0 Å². The van der Waals surface area contributed by atoms with Crippen molar-refractivity contribution in [2.24, 2.45) is 0 Å². The van der Waals surface area contributed by atoms with E-state index in [1.54, 1.807) is 12.3 Å². The molecule has 17 heavy (non-hydrogen) atoms. The summed E-state index contributed by atoms with van der Waals surface area (Å²) in [5, 5.41) is 3.29. The van der Waals surface area contributed by atoms with E-state index in [1.807, 2.05) is 13.0 Å². The van der Waals surface area contributed by atoms with Crippen LogP contribution in [-0.4, -0.2) is 40.3 Å². The van der Waals surface area contributed by atoms with Gasteiger partial charge in [-0.05, 0) is 19.1 Å². The molecule has 2 atom stereocenters. The summed E-state index contributed by atoms with van der Waals surface area (Å²) in [6.45, 7) is 3.21. The Morgan fingerprint density at radius 2 is 2.29 bits per heavy atom. The maximum absolute atomic E-state index is 11.2. The molecule has 1 aromatic heterocycles. The molecule has 1 heterocycles. The average molecular weight is 258 g/mol. The van der Waals surface area contributed by atoms with Crippen molar-refractivity contribution < 1.29 is 13.7 Å². The van der Waals surface area contributed by atoms with Gasteiger partial charge in [0.25, 0.3) is 0 Å². The van der Waals surface area contributed by atoms with Crippen LogP contribution in [0.25, 0.3) is 0 Å². The highest BCUT2D eigenvalue weighted by atomic mass is 32.2. The maximum Gasteiger partial charge on any atom is 0.354 e. The summed E-state index contributed by atoms with van der Waals surface area (Å²) in [5.74, 6) is -0.376. The van der Waals surface area contributed by atoms with Crippen LogP contribution in [0.4, 0.5) is 0 Å². The van der Waals surface area contributed by atoms with Crippen molar-refractivity contribution in [1.29, 1.82) is 0 Å². The van der Waals surface area contributed by atoms with E-state index < -0.39 is 10.8 Å². The molecule has 0 aliphatic heterocycles. The number of ether oxygens (including phenoxy) is 1. The number of methoxy groups -OCH3 is 1. The first-order valence-corrected chi connectivity index (χ1v) is 6.96. The summed E-state index contributed by atoms with van der Waals surface area (Å²) >= 11 is 0. The third-order valence-electron chi connectivity index (χ3n) is 2.47. The number of H-pyrrole nitrogens is 1. The summed E-state index contributed by atoms with van der Waals surface area (Å²) < 4.78 is 15.7. The third kappa shape index (κ3) is 4.32. The van der Waals surface area contributed by atoms with Crippen LogP contribution in [-0.2, 0) is 22.1 Å². The van der Waals surface area contributed by atoms with Crippen molar-refractivity contribution in [3.05, 3.63) is 23.5 Å². The Hall–Kier alpha value is -1.14. The zero-order chi connectivity index (χ0) is 12.8. The zero-order valence-corrected chi connectivity index (χ0v) is 11.1. The van der Waals surface area contributed by atoms with E-state index in [1.165, 1.54) is 7.11 Å². The predicted octanol–water partition coefficient (Wildman–Crippen LogP) is 0.658. The highest BCUT2D eigenvalue weighted by Gasteiger charge is 2.08. The molecule has 0 spiro atoms. The molecule has 0 fully saturated rings. The Morgan fingerprint density at radius 1 is 1.59 bits per heavy atom. The van der Waals surface area contributed by atoms with Gasteiger partial charge in [0.15, 0.2) is 0 Å². The van der Waals surface area contributed by atoms with Crippen molar-refractivity contribution in [1.82, 2.24) is 10.3 Å². The Balaban J connectivity index is 2.40. The highest BCUT2D eigenvalue weighted by Crippen LogP contribution is 2.03. The van der Waals surface area contributed by atoms with Crippen LogP contribution in [0, 0.1) is 0 Å².